The fraction of sp³-hybridized carbons (Fsp3) is 0.143. The standard InChI is InChI=1S/C7H5F2NO2/c8-7(9)4-1-2-10-5(3-11)6(4)12/h1-3,7,12H. The lowest BCUT2D eigenvalue weighted by molar-refractivity contribution is 0.111. The Bertz CT molecular complexity index is 301. The number of carbonyl (C=O) groups is 1. The van der Waals surface area contributed by atoms with E-state index in [2.05, 4.69) is 4.98 Å². The van der Waals surface area contributed by atoms with Crippen LogP contribution in [0.1, 0.15) is 22.5 Å². The van der Waals surface area contributed by atoms with Gasteiger partial charge in [0.15, 0.2) is 12.0 Å². The Kier molecular flexibility index (Phi) is 2.32. The molecule has 0 spiro atoms. The predicted octanol–water partition coefficient (Wildman–Crippen LogP) is 1.54. The second kappa shape index (κ2) is 3.25. The average molecular weight is 173 g/mol. The molecule has 1 aromatic rings. The third kappa shape index (κ3) is 1.39. The molecule has 0 bridgehead atoms. The topological polar surface area (TPSA) is 50.2 Å². The van der Waals surface area contributed by atoms with Crippen molar-refractivity contribution in [2.75, 3.05) is 0 Å². The summed E-state index contributed by atoms with van der Waals surface area (Å²) in [5, 5.41) is 8.99. The van der Waals surface area contributed by atoms with Crippen LogP contribution >= 0.6 is 0 Å². The Labute approximate surface area is 66.7 Å². The highest BCUT2D eigenvalue weighted by atomic mass is 19.3. The van der Waals surface area contributed by atoms with Gasteiger partial charge in [-0.2, -0.15) is 0 Å². The Morgan fingerprint density at radius 2 is 2.25 bits per heavy atom. The molecule has 0 saturated heterocycles. The zero-order valence-electron chi connectivity index (χ0n) is 5.87. The van der Waals surface area contributed by atoms with Gasteiger partial charge in [0.05, 0.1) is 5.56 Å². The molecule has 0 aliphatic rings. The minimum absolute atomic E-state index is 0.223. The highest BCUT2D eigenvalue weighted by Gasteiger charge is 2.15. The second-order valence-electron chi connectivity index (χ2n) is 2.05. The number of hydrogen-bond acceptors (Lipinski definition) is 3. The molecule has 64 valence electrons. The van der Waals surface area contributed by atoms with E-state index >= 15 is 0 Å². The lowest BCUT2D eigenvalue weighted by atomic mass is 10.2. The van der Waals surface area contributed by atoms with Gasteiger partial charge in [-0.25, -0.2) is 13.8 Å². The molecule has 1 aromatic heterocycles. The van der Waals surface area contributed by atoms with Gasteiger partial charge in [-0.05, 0) is 6.07 Å². The molecule has 3 nitrogen and oxygen atoms in total. The van der Waals surface area contributed by atoms with Gasteiger partial charge in [0.1, 0.15) is 5.69 Å². The van der Waals surface area contributed by atoms with Crippen molar-refractivity contribution >= 4 is 6.29 Å². The lowest BCUT2D eigenvalue weighted by Gasteiger charge is -2.02. The first-order valence-electron chi connectivity index (χ1n) is 3.08. The van der Waals surface area contributed by atoms with E-state index in [-0.39, 0.29) is 12.0 Å². The number of aromatic hydroxyl groups is 1. The maximum absolute atomic E-state index is 12.0. The summed E-state index contributed by atoms with van der Waals surface area (Å²) in [5.74, 6) is -0.748. The first-order valence-corrected chi connectivity index (χ1v) is 3.08. The van der Waals surface area contributed by atoms with Crippen LogP contribution in [0.3, 0.4) is 0 Å². The molecular formula is C7H5F2NO2. The van der Waals surface area contributed by atoms with Crippen LogP contribution in [-0.4, -0.2) is 16.4 Å². The van der Waals surface area contributed by atoms with E-state index in [1.165, 1.54) is 0 Å². The number of alkyl halides is 2. The minimum atomic E-state index is -2.80. The minimum Gasteiger partial charge on any atom is -0.505 e. The smallest absolute Gasteiger partial charge is 0.267 e. The van der Waals surface area contributed by atoms with Crippen LogP contribution in [0, 0.1) is 0 Å². The van der Waals surface area contributed by atoms with Crippen LogP contribution in [0.25, 0.3) is 0 Å². The van der Waals surface area contributed by atoms with Gasteiger partial charge >= 0.3 is 0 Å². The van der Waals surface area contributed by atoms with Crippen LogP contribution in [-0.2, 0) is 0 Å². The van der Waals surface area contributed by atoms with Crippen molar-refractivity contribution in [3.63, 3.8) is 0 Å². The number of aromatic nitrogens is 1. The molecule has 0 atom stereocenters. The van der Waals surface area contributed by atoms with Crippen LogP contribution in [0.15, 0.2) is 12.3 Å². The molecule has 0 fully saturated rings. The zero-order valence-corrected chi connectivity index (χ0v) is 5.87. The van der Waals surface area contributed by atoms with Gasteiger partial charge < -0.3 is 5.11 Å². The van der Waals surface area contributed by atoms with E-state index in [1.54, 1.807) is 0 Å². The normalized spacial score (nSPS) is 10.2. The third-order valence-corrected chi connectivity index (χ3v) is 1.33. The molecule has 0 unspecified atom stereocenters. The van der Waals surface area contributed by atoms with Crippen molar-refractivity contribution in [1.82, 2.24) is 4.98 Å². The fourth-order valence-corrected chi connectivity index (χ4v) is 0.748. The maximum Gasteiger partial charge on any atom is 0.267 e. The van der Waals surface area contributed by atoms with Crippen LogP contribution in [0.5, 0.6) is 5.75 Å². The largest absolute Gasteiger partial charge is 0.505 e. The number of nitrogens with zero attached hydrogens (tertiary/aromatic N) is 1. The second-order valence-corrected chi connectivity index (χ2v) is 2.05. The van der Waals surface area contributed by atoms with E-state index in [4.69, 9.17) is 5.11 Å². The Hall–Kier alpha value is -1.52. The molecular weight excluding hydrogens is 168 g/mol. The number of halogens is 2. The predicted molar refractivity (Wildman–Crippen MR) is 36.2 cm³/mol. The van der Waals surface area contributed by atoms with E-state index in [9.17, 15) is 13.6 Å². The summed E-state index contributed by atoms with van der Waals surface area (Å²) in [6.45, 7) is 0. The molecule has 0 radical (unpaired) electrons. The van der Waals surface area contributed by atoms with Crippen molar-refractivity contribution in [2.45, 2.75) is 6.43 Å². The first-order chi connectivity index (χ1) is 5.66. The summed E-state index contributed by atoms with van der Waals surface area (Å²) in [6, 6.07) is 0.965. The van der Waals surface area contributed by atoms with E-state index < -0.39 is 17.7 Å². The monoisotopic (exact) mass is 173 g/mol. The highest BCUT2D eigenvalue weighted by molar-refractivity contribution is 5.76. The quantitative estimate of drug-likeness (QED) is 0.690. The Morgan fingerprint density at radius 3 is 2.75 bits per heavy atom. The maximum atomic E-state index is 12.0. The molecule has 1 N–H and O–H groups in total. The summed E-state index contributed by atoms with van der Waals surface area (Å²) in [7, 11) is 0. The summed E-state index contributed by atoms with van der Waals surface area (Å²) in [4.78, 5) is 13.5. The number of hydrogen-bond donors (Lipinski definition) is 1. The Balaban J connectivity index is 3.22. The number of carbonyl (C=O) groups excluding carboxylic acids is 1. The SMILES string of the molecule is O=Cc1nccc(C(F)F)c1O. The van der Waals surface area contributed by atoms with Gasteiger partial charge in [-0.3, -0.25) is 4.79 Å². The van der Waals surface area contributed by atoms with Crippen molar-refractivity contribution in [2.24, 2.45) is 0 Å². The fourth-order valence-electron chi connectivity index (χ4n) is 0.748. The van der Waals surface area contributed by atoms with Crippen molar-refractivity contribution in [3.8, 4) is 5.75 Å². The molecule has 0 saturated carbocycles. The third-order valence-electron chi connectivity index (χ3n) is 1.33. The van der Waals surface area contributed by atoms with Gasteiger partial charge in [0.25, 0.3) is 6.43 Å². The number of rotatable bonds is 2. The van der Waals surface area contributed by atoms with Crippen molar-refractivity contribution < 1.29 is 18.7 Å². The summed E-state index contributed by atoms with van der Waals surface area (Å²) in [6.07, 6.45) is -1.53. The summed E-state index contributed by atoms with van der Waals surface area (Å²) >= 11 is 0. The number of aldehydes is 1. The van der Waals surface area contributed by atoms with E-state index in [0.717, 1.165) is 12.3 Å². The zero-order chi connectivity index (χ0) is 9.14. The molecule has 1 heterocycles. The summed E-state index contributed by atoms with van der Waals surface area (Å²) < 4.78 is 24.1. The first kappa shape index (κ1) is 8.58. The van der Waals surface area contributed by atoms with E-state index in [0.29, 0.717) is 0 Å². The lowest BCUT2D eigenvalue weighted by Crippen LogP contribution is -1.92. The van der Waals surface area contributed by atoms with Crippen LogP contribution < -0.4 is 0 Å². The van der Waals surface area contributed by atoms with Crippen molar-refractivity contribution in [3.05, 3.63) is 23.5 Å². The number of pyridine rings is 1. The molecule has 0 aliphatic carbocycles. The van der Waals surface area contributed by atoms with Gasteiger partial charge in [0.2, 0.25) is 0 Å². The highest BCUT2D eigenvalue weighted by Crippen LogP contribution is 2.28. The molecule has 1 rings (SSSR count). The molecule has 0 amide bonds. The molecule has 0 aromatic carbocycles. The Morgan fingerprint density at radius 1 is 1.58 bits per heavy atom. The van der Waals surface area contributed by atoms with Gasteiger partial charge in [-0.15, -0.1) is 0 Å². The van der Waals surface area contributed by atoms with Crippen LogP contribution in [0.4, 0.5) is 8.78 Å². The average Bonchev–Trinajstić information content (AvgIpc) is 2.04. The molecule has 0 aliphatic heterocycles. The summed E-state index contributed by atoms with van der Waals surface area (Å²) in [5.41, 5.74) is -0.945. The molecule has 5 heteroatoms. The van der Waals surface area contributed by atoms with Crippen molar-refractivity contribution in [1.29, 1.82) is 0 Å². The molecule has 12 heavy (non-hydrogen) atoms. The van der Waals surface area contributed by atoms with Gasteiger partial charge in [-0.1, -0.05) is 0 Å². The van der Waals surface area contributed by atoms with E-state index in [1.807, 2.05) is 0 Å². The van der Waals surface area contributed by atoms with Gasteiger partial charge in [0, 0.05) is 6.20 Å². The van der Waals surface area contributed by atoms with Crippen LogP contribution in [0.2, 0.25) is 0 Å².